The van der Waals surface area contributed by atoms with Gasteiger partial charge in [-0.05, 0) is 0 Å². The first-order valence-electron chi connectivity index (χ1n) is 6.48. The van der Waals surface area contributed by atoms with Crippen molar-refractivity contribution in [2.45, 2.75) is 38.2 Å². The van der Waals surface area contributed by atoms with Crippen LogP contribution in [0.2, 0.25) is 0 Å². The minimum Gasteiger partial charge on any atom is -1.00 e. The van der Waals surface area contributed by atoms with Crippen molar-refractivity contribution in [3.05, 3.63) is 57.4 Å². The molecule has 0 heterocycles. The number of hydrogen-bond acceptors (Lipinski definition) is 0. The minimum absolute atomic E-state index is 0. The molecule has 110 valence electrons. The Bertz CT molecular complexity index is 453. The Labute approximate surface area is 148 Å². The quantitative estimate of drug-likeness (QED) is 0.489. The Morgan fingerprint density at radius 3 is 2.25 bits per heavy atom. The maximum atomic E-state index is 2.33. The van der Waals surface area contributed by atoms with Crippen molar-refractivity contribution in [1.29, 1.82) is 0 Å². The average Bonchev–Trinajstić information content (AvgIpc) is 2.88. The van der Waals surface area contributed by atoms with Gasteiger partial charge in [0.2, 0.25) is 0 Å². The van der Waals surface area contributed by atoms with Crippen LogP contribution in [0.15, 0.2) is 40.7 Å². The number of allylic oxidation sites excluding steroid dienone is 4. The van der Waals surface area contributed by atoms with E-state index in [1.54, 1.807) is 21.0 Å². The molecule has 20 heavy (non-hydrogen) atoms. The van der Waals surface area contributed by atoms with Gasteiger partial charge in [-0.15, -0.1) is 0 Å². The van der Waals surface area contributed by atoms with E-state index in [2.05, 4.69) is 50.3 Å². The van der Waals surface area contributed by atoms with E-state index in [1.165, 1.54) is 18.0 Å². The van der Waals surface area contributed by atoms with Gasteiger partial charge in [0, 0.05) is 0 Å². The van der Waals surface area contributed by atoms with E-state index in [0.717, 1.165) is 6.42 Å². The Kier molecular flexibility index (Phi) is 13.2. The number of aryl methyl sites for hydroxylation is 1. The topological polar surface area (TPSA) is 0 Å². The first-order valence-corrected chi connectivity index (χ1v) is 8.16. The van der Waals surface area contributed by atoms with E-state index < -0.39 is 0 Å². The smallest absolute Gasteiger partial charge is 1.00 e. The SMILES string of the molecule is CCc1cccc([CH2][V+3][C]2=CC=CC2)c1CC.[Cl-].[Cl-].[Cl-]. The first kappa shape index (κ1) is 22.4. The largest absolute Gasteiger partial charge is 1.00 e. The molecule has 0 nitrogen and oxygen atoms in total. The fourth-order valence-electron chi connectivity index (χ4n) is 2.36. The van der Waals surface area contributed by atoms with Gasteiger partial charge in [-0.1, -0.05) is 0 Å². The van der Waals surface area contributed by atoms with Crippen LogP contribution in [0.25, 0.3) is 0 Å². The molecule has 2 rings (SSSR count). The van der Waals surface area contributed by atoms with Gasteiger partial charge in [0.1, 0.15) is 0 Å². The second-order valence-corrected chi connectivity index (χ2v) is 6.25. The third-order valence-corrected chi connectivity index (χ3v) is 5.24. The van der Waals surface area contributed by atoms with E-state index in [4.69, 9.17) is 0 Å². The molecule has 0 amide bonds. The van der Waals surface area contributed by atoms with Crippen LogP contribution in [0.1, 0.15) is 37.0 Å². The molecule has 1 aliphatic rings. The van der Waals surface area contributed by atoms with Gasteiger partial charge >= 0.3 is 112 Å². The summed E-state index contributed by atoms with van der Waals surface area (Å²) in [7, 11) is 0. The molecule has 0 aliphatic heterocycles. The zero-order valence-electron chi connectivity index (χ0n) is 11.9. The van der Waals surface area contributed by atoms with E-state index >= 15 is 0 Å². The van der Waals surface area contributed by atoms with Crippen LogP contribution in [-0.4, -0.2) is 0 Å². The molecule has 1 aromatic carbocycles. The normalized spacial score (nSPS) is 11.6. The van der Waals surface area contributed by atoms with Crippen molar-refractivity contribution in [3.8, 4) is 0 Å². The van der Waals surface area contributed by atoms with E-state index in [9.17, 15) is 0 Å². The summed E-state index contributed by atoms with van der Waals surface area (Å²) in [5.74, 6) is 0. The molecule has 0 spiro atoms. The monoisotopic (exact) mass is 368 g/mol. The summed E-state index contributed by atoms with van der Waals surface area (Å²) >= 11 is 0.350. The van der Waals surface area contributed by atoms with Gasteiger partial charge in [0.05, 0.1) is 0 Å². The summed E-state index contributed by atoms with van der Waals surface area (Å²) in [6.07, 6.45) is 10.3. The van der Waals surface area contributed by atoms with Crippen LogP contribution < -0.4 is 37.2 Å². The molecule has 1 aliphatic carbocycles. The molecule has 0 saturated carbocycles. The van der Waals surface area contributed by atoms with Crippen molar-refractivity contribution in [2.75, 3.05) is 0 Å². The molecule has 0 N–H and O–H groups in total. The third kappa shape index (κ3) is 5.88. The molecule has 0 radical (unpaired) electrons. The van der Waals surface area contributed by atoms with E-state index in [-0.39, 0.29) is 37.2 Å². The number of halogens is 3. The second kappa shape index (κ2) is 11.8. The van der Waals surface area contributed by atoms with E-state index in [1.807, 2.05) is 0 Å². The van der Waals surface area contributed by atoms with Crippen LogP contribution in [-0.2, 0) is 34.3 Å². The van der Waals surface area contributed by atoms with Crippen LogP contribution in [0.4, 0.5) is 0 Å². The summed E-state index contributed by atoms with van der Waals surface area (Å²) in [6.45, 7) is 4.54. The minimum atomic E-state index is 0. The first-order chi connectivity index (χ1) is 8.35. The van der Waals surface area contributed by atoms with Crippen molar-refractivity contribution >= 4 is 0 Å². The van der Waals surface area contributed by atoms with Crippen LogP contribution >= 0.6 is 0 Å². The summed E-state index contributed by atoms with van der Waals surface area (Å²) in [5, 5.41) is 1.29. The zero-order valence-corrected chi connectivity index (χ0v) is 15.5. The summed E-state index contributed by atoms with van der Waals surface area (Å²) < 4.78 is 1.67. The summed E-state index contributed by atoms with van der Waals surface area (Å²) in [4.78, 5) is 0. The zero-order chi connectivity index (χ0) is 12.1. The molecule has 0 unspecified atom stereocenters. The van der Waals surface area contributed by atoms with Gasteiger partial charge in [-0.2, -0.15) is 0 Å². The predicted molar refractivity (Wildman–Crippen MR) is 70.7 cm³/mol. The van der Waals surface area contributed by atoms with Gasteiger partial charge in [-0.25, -0.2) is 0 Å². The third-order valence-electron chi connectivity index (χ3n) is 3.31. The van der Waals surface area contributed by atoms with Crippen molar-refractivity contribution < 1.29 is 53.5 Å². The Morgan fingerprint density at radius 2 is 1.70 bits per heavy atom. The molecule has 0 aromatic heterocycles. The molecule has 0 fully saturated rings. The molecular formula is C16H20Cl3V. The van der Waals surface area contributed by atoms with Crippen molar-refractivity contribution in [1.82, 2.24) is 0 Å². The van der Waals surface area contributed by atoms with Crippen LogP contribution in [0.5, 0.6) is 0 Å². The van der Waals surface area contributed by atoms with Crippen molar-refractivity contribution in [3.63, 3.8) is 0 Å². The fraction of sp³-hybridized carbons (Fsp3) is 0.375. The van der Waals surface area contributed by atoms with Crippen LogP contribution in [0.3, 0.4) is 0 Å². The summed E-state index contributed by atoms with van der Waals surface area (Å²) in [5.41, 5.74) is 4.75. The Morgan fingerprint density at radius 1 is 1.00 bits per heavy atom. The number of rotatable bonds is 5. The van der Waals surface area contributed by atoms with Gasteiger partial charge in [-0.3, -0.25) is 0 Å². The maximum absolute atomic E-state index is 2.33. The average molecular weight is 370 g/mol. The molecule has 0 atom stereocenters. The molecule has 0 bridgehead atoms. The van der Waals surface area contributed by atoms with Gasteiger partial charge < -0.3 is 37.2 Å². The number of benzene rings is 1. The Hall–Kier alpha value is 0.154. The molecular weight excluding hydrogens is 349 g/mol. The molecule has 4 heteroatoms. The molecule has 1 aromatic rings. The van der Waals surface area contributed by atoms with Gasteiger partial charge in [0.25, 0.3) is 0 Å². The molecule has 0 saturated heterocycles. The van der Waals surface area contributed by atoms with Crippen molar-refractivity contribution in [2.24, 2.45) is 0 Å². The number of hydrogen-bond donors (Lipinski definition) is 0. The van der Waals surface area contributed by atoms with Crippen LogP contribution in [0, 0.1) is 0 Å². The van der Waals surface area contributed by atoms with E-state index in [0.29, 0.717) is 16.3 Å². The standard InChI is InChI=1S/C11H15.C5H5.3ClH.V/c1-4-10-8-6-7-9(3)11(10)5-2;1-2-4-5-3-1;;;;/h6-8H,3-5H2,1-2H3;1-3H,4H2;3*1H;/q;;;;;+3/p-3. The van der Waals surface area contributed by atoms with Gasteiger partial charge in [0.15, 0.2) is 0 Å². The Balaban J connectivity index is 0. The maximum Gasteiger partial charge on any atom is -1.00 e. The fourth-order valence-corrected chi connectivity index (χ4v) is 4.07. The predicted octanol–water partition coefficient (Wildman–Crippen LogP) is -4.75. The second-order valence-electron chi connectivity index (χ2n) is 4.37. The summed E-state index contributed by atoms with van der Waals surface area (Å²) in [6, 6.07) is 6.85.